The van der Waals surface area contributed by atoms with Crippen LogP contribution in [0.2, 0.25) is 0 Å². The first-order valence-corrected chi connectivity index (χ1v) is 8.12. The van der Waals surface area contributed by atoms with Crippen molar-refractivity contribution < 1.29 is 5.11 Å². The number of aliphatic hydroxyl groups is 1. The molecule has 0 saturated heterocycles. The fraction of sp³-hybridized carbons (Fsp3) is 0.389. The Morgan fingerprint density at radius 1 is 1.32 bits per heavy atom. The van der Waals surface area contributed by atoms with Gasteiger partial charge in [-0.25, -0.2) is 0 Å². The first-order chi connectivity index (χ1) is 10.3. The molecule has 0 unspecified atom stereocenters. The largest absolute Gasteiger partial charge is 0.378 e. The molecule has 2 heterocycles. The van der Waals surface area contributed by atoms with Crippen LogP contribution < -0.4 is 0 Å². The molecule has 2 aromatic heterocycles. The molecular weight excluding hydrogens is 292 g/mol. The molecular formula is C18H22N2OS. The van der Waals surface area contributed by atoms with Crippen molar-refractivity contribution in [1.29, 1.82) is 0 Å². The van der Waals surface area contributed by atoms with Crippen molar-refractivity contribution >= 4 is 11.3 Å². The van der Waals surface area contributed by atoms with Crippen molar-refractivity contribution in [3.63, 3.8) is 0 Å². The average molecular weight is 314 g/mol. The van der Waals surface area contributed by atoms with Gasteiger partial charge in [-0.1, -0.05) is 17.9 Å². The molecule has 0 bridgehead atoms. The van der Waals surface area contributed by atoms with Crippen LogP contribution >= 0.6 is 11.3 Å². The molecule has 1 N–H and O–H groups in total. The summed E-state index contributed by atoms with van der Waals surface area (Å²) >= 11 is 1.67. The van der Waals surface area contributed by atoms with E-state index < -0.39 is 5.60 Å². The van der Waals surface area contributed by atoms with E-state index in [1.807, 2.05) is 24.4 Å². The Bertz CT molecular complexity index is 662. The lowest BCUT2D eigenvalue weighted by Crippen LogP contribution is -2.22. The number of pyridine rings is 1. The first kappa shape index (κ1) is 16.7. The van der Waals surface area contributed by atoms with Crippen molar-refractivity contribution in [2.24, 2.45) is 0 Å². The minimum Gasteiger partial charge on any atom is -0.378 e. The van der Waals surface area contributed by atoms with Gasteiger partial charge in [0.05, 0.1) is 10.6 Å². The zero-order valence-corrected chi connectivity index (χ0v) is 14.3. The molecule has 0 saturated carbocycles. The van der Waals surface area contributed by atoms with Gasteiger partial charge in [0, 0.05) is 23.7 Å². The number of nitrogens with zero attached hydrogens (tertiary/aromatic N) is 2. The molecule has 0 aliphatic carbocycles. The maximum Gasteiger partial charge on any atom is 0.120 e. The van der Waals surface area contributed by atoms with E-state index in [4.69, 9.17) is 0 Å². The molecule has 0 radical (unpaired) electrons. The second kappa shape index (κ2) is 7.06. The van der Waals surface area contributed by atoms with Gasteiger partial charge in [0.1, 0.15) is 5.60 Å². The predicted molar refractivity (Wildman–Crippen MR) is 91.6 cm³/mol. The van der Waals surface area contributed by atoms with E-state index in [1.54, 1.807) is 25.2 Å². The van der Waals surface area contributed by atoms with Crippen molar-refractivity contribution in [2.75, 3.05) is 7.05 Å². The molecule has 0 aromatic carbocycles. The Hall–Kier alpha value is -1.67. The molecule has 116 valence electrons. The zero-order chi connectivity index (χ0) is 16.2. The molecule has 0 spiro atoms. The lowest BCUT2D eigenvalue weighted by atomic mass is 10.1. The summed E-state index contributed by atoms with van der Waals surface area (Å²) in [6.45, 7) is 6.39. The highest BCUT2D eigenvalue weighted by Gasteiger charge is 2.13. The predicted octanol–water partition coefficient (Wildman–Crippen LogP) is 3.46. The second-order valence-electron chi connectivity index (χ2n) is 5.92. The maximum absolute atomic E-state index is 9.65. The van der Waals surface area contributed by atoms with Crippen LogP contribution in [0, 0.1) is 11.8 Å². The molecule has 2 aromatic rings. The molecule has 22 heavy (non-hydrogen) atoms. The fourth-order valence-electron chi connectivity index (χ4n) is 1.98. The lowest BCUT2D eigenvalue weighted by molar-refractivity contribution is 0.143. The van der Waals surface area contributed by atoms with Gasteiger partial charge in [0.25, 0.3) is 0 Å². The minimum absolute atomic E-state index is 0.259. The average Bonchev–Trinajstić information content (AvgIpc) is 2.92. The van der Waals surface area contributed by atoms with Gasteiger partial charge < -0.3 is 5.11 Å². The third-order valence-corrected chi connectivity index (χ3v) is 4.32. The number of hydrogen-bond donors (Lipinski definition) is 1. The molecule has 0 aliphatic heterocycles. The highest BCUT2D eigenvalue weighted by molar-refractivity contribution is 7.12. The molecule has 2 rings (SSSR count). The topological polar surface area (TPSA) is 36.4 Å². The normalized spacial score (nSPS) is 12.8. The van der Waals surface area contributed by atoms with Crippen LogP contribution in [0.4, 0.5) is 0 Å². The van der Waals surface area contributed by atoms with E-state index in [-0.39, 0.29) is 6.04 Å². The summed E-state index contributed by atoms with van der Waals surface area (Å²) in [6, 6.07) is 10.4. The van der Waals surface area contributed by atoms with Crippen molar-refractivity contribution in [3.8, 4) is 11.8 Å². The highest BCUT2D eigenvalue weighted by Crippen LogP contribution is 2.22. The maximum atomic E-state index is 9.65. The lowest BCUT2D eigenvalue weighted by Gasteiger charge is -2.23. The van der Waals surface area contributed by atoms with Gasteiger partial charge in [0.15, 0.2) is 0 Å². The van der Waals surface area contributed by atoms with Crippen LogP contribution in [0.5, 0.6) is 0 Å². The molecule has 1 atom stereocenters. The van der Waals surface area contributed by atoms with Gasteiger partial charge in [-0.3, -0.25) is 9.88 Å². The molecule has 0 fully saturated rings. The first-order valence-electron chi connectivity index (χ1n) is 7.30. The van der Waals surface area contributed by atoms with Crippen LogP contribution in [0.3, 0.4) is 0 Å². The van der Waals surface area contributed by atoms with Crippen molar-refractivity contribution in [3.05, 3.63) is 52.0 Å². The summed E-state index contributed by atoms with van der Waals surface area (Å²) in [4.78, 5) is 8.92. The molecule has 3 nitrogen and oxygen atoms in total. The Labute approximate surface area is 136 Å². The van der Waals surface area contributed by atoms with Crippen LogP contribution in [-0.2, 0) is 6.54 Å². The summed E-state index contributed by atoms with van der Waals surface area (Å²) < 4.78 is 0. The third kappa shape index (κ3) is 4.96. The Kier molecular flexibility index (Phi) is 5.36. The second-order valence-corrected chi connectivity index (χ2v) is 7.09. The number of thiophene rings is 1. The van der Waals surface area contributed by atoms with E-state index in [2.05, 4.69) is 47.8 Å². The summed E-state index contributed by atoms with van der Waals surface area (Å²) in [6.07, 6.45) is 1.83. The zero-order valence-electron chi connectivity index (χ0n) is 13.5. The van der Waals surface area contributed by atoms with Crippen molar-refractivity contribution in [1.82, 2.24) is 9.88 Å². The number of aromatic nitrogens is 1. The third-order valence-electron chi connectivity index (χ3n) is 3.34. The molecule has 0 amide bonds. The van der Waals surface area contributed by atoms with E-state index in [0.29, 0.717) is 0 Å². The summed E-state index contributed by atoms with van der Waals surface area (Å²) in [5.41, 5.74) is 0.123. The van der Waals surface area contributed by atoms with Gasteiger partial charge >= 0.3 is 0 Å². The smallest absolute Gasteiger partial charge is 0.120 e. The number of hydrogen-bond acceptors (Lipinski definition) is 4. The van der Waals surface area contributed by atoms with Crippen molar-refractivity contribution in [2.45, 2.75) is 39.0 Å². The Morgan fingerprint density at radius 3 is 2.73 bits per heavy atom. The Balaban J connectivity index is 2.02. The van der Waals surface area contributed by atoms with E-state index in [9.17, 15) is 5.11 Å². The number of rotatable bonds is 4. The van der Waals surface area contributed by atoms with E-state index >= 15 is 0 Å². The van der Waals surface area contributed by atoms with E-state index in [0.717, 1.165) is 17.1 Å². The van der Waals surface area contributed by atoms with Gasteiger partial charge in [-0.2, -0.15) is 0 Å². The molecule has 4 heteroatoms. The standard InChI is InChI=1S/C18H22N2OS/c1-14(17-7-5-6-12-19-17)20(4)13-16-9-8-15(22-16)10-11-18(2,3)21/h5-9,12,14,21H,13H2,1-4H3/t14-/m0/s1. The summed E-state index contributed by atoms with van der Waals surface area (Å²) in [5, 5.41) is 9.65. The van der Waals surface area contributed by atoms with E-state index in [1.165, 1.54) is 4.88 Å². The van der Waals surface area contributed by atoms with Crippen LogP contribution in [-0.4, -0.2) is 27.6 Å². The van der Waals surface area contributed by atoms with Gasteiger partial charge in [-0.15, -0.1) is 11.3 Å². The van der Waals surface area contributed by atoms with Crippen LogP contribution in [0.1, 0.15) is 42.3 Å². The highest BCUT2D eigenvalue weighted by atomic mass is 32.1. The monoisotopic (exact) mass is 314 g/mol. The molecule has 0 aliphatic rings. The summed E-state index contributed by atoms with van der Waals surface area (Å²) in [7, 11) is 2.10. The minimum atomic E-state index is -0.950. The van der Waals surface area contributed by atoms with Crippen LogP contribution in [0.15, 0.2) is 36.5 Å². The Morgan fingerprint density at radius 2 is 2.09 bits per heavy atom. The fourth-order valence-corrected chi connectivity index (χ4v) is 2.90. The van der Waals surface area contributed by atoms with Gasteiger partial charge in [0.2, 0.25) is 0 Å². The summed E-state index contributed by atoms with van der Waals surface area (Å²) in [5.74, 6) is 5.87. The quantitative estimate of drug-likeness (QED) is 0.878. The van der Waals surface area contributed by atoms with Gasteiger partial charge in [-0.05, 0) is 52.1 Å². The van der Waals surface area contributed by atoms with Crippen LogP contribution in [0.25, 0.3) is 0 Å². The SMILES string of the molecule is C[C@@H](c1ccccn1)N(C)Cc1ccc(C#CC(C)(C)O)s1.